The van der Waals surface area contributed by atoms with Gasteiger partial charge in [-0.15, -0.1) is 11.3 Å². The molecule has 0 spiro atoms. The monoisotopic (exact) mass is 261 g/mol. The number of carbonyl (C=O) groups is 1. The highest BCUT2D eigenvalue weighted by Crippen LogP contribution is 2.18. The molecule has 94 valence electrons. The van der Waals surface area contributed by atoms with Crippen LogP contribution in [0, 0.1) is 13.8 Å². The SMILES string of the molecule is Cc1nc(CNc2ccc(C(N)=O)cc2C)cs1. The average Bonchev–Trinajstić information content (AvgIpc) is 2.73. The van der Waals surface area contributed by atoms with E-state index in [9.17, 15) is 4.79 Å². The fraction of sp³-hybridized carbons (Fsp3) is 0.231. The Labute approximate surface area is 110 Å². The lowest BCUT2D eigenvalue weighted by molar-refractivity contribution is 0.1000. The van der Waals surface area contributed by atoms with Crippen molar-refractivity contribution in [2.24, 2.45) is 5.73 Å². The van der Waals surface area contributed by atoms with E-state index in [1.807, 2.05) is 25.3 Å². The first-order valence-corrected chi connectivity index (χ1v) is 6.49. The number of primary amides is 1. The number of carbonyl (C=O) groups excluding carboxylic acids is 1. The number of anilines is 1. The van der Waals surface area contributed by atoms with Crippen molar-refractivity contribution in [2.75, 3.05) is 5.32 Å². The van der Waals surface area contributed by atoms with Gasteiger partial charge in [-0.05, 0) is 37.6 Å². The molecule has 0 radical (unpaired) electrons. The van der Waals surface area contributed by atoms with Gasteiger partial charge in [0.2, 0.25) is 5.91 Å². The number of rotatable bonds is 4. The summed E-state index contributed by atoms with van der Waals surface area (Å²) in [6, 6.07) is 5.38. The summed E-state index contributed by atoms with van der Waals surface area (Å²) in [6.07, 6.45) is 0. The molecule has 1 aromatic heterocycles. The molecule has 0 aliphatic carbocycles. The topological polar surface area (TPSA) is 68.0 Å². The molecule has 0 aliphatic heterocycles. The van der Waals surface area contributed by atoms with Crippen molar-refractivity contribution in [3.8, 4) is 0 Å². The van der Waals surface area contributed by atoms with Crippen molar-refractivity contribution in [3.05, 3.63) is 45.4 Å². The number of nitrogens with zero attached hydrogens (tertiary/aromatic N) is 1. The van der Waals surface area contributed by atoms with Gasteiger partial charge in [-0.25, -0.2) is 4.98 Å². The van der Waals surface area contributed by atoms with Gasteiger partial charge in [0.25, 0.3) is 0 Å². The number of amides is 1. The fourth-order valence-electron chi connectivity index (χ4n) is 1.69. The summed E-state index contributed by atoms with van der Waals surface area (Å²) in [5, 5.41) is 6.40. The van der Waals surface area contributed by atoms with Gasteiger partial charge in [0.05, 0.1) is 17.2 Å². The van der Waals surface area contributed by atoms with Crippen LogP contribution < -0.4 is 11.1 Å². The molecule has 5 heteroatoms. The summed E-state index contributed by atoms with van der Waals surface area (Å²) < 4.78 is 0. The first-order chi connectivity index (χ1) is 8.56. The fourth-order valence-corrected chi connectivity index (χ4v) is 2.30. The Bertz CT molecular complexity index is 577. The average molecular weight is 261 g/mol. The van der Waals surface area contributed by atoms with E-state index in [0.29, 0.717) is 12.1 Å². The third-order valence-electron chi connectivity index (χ3n) is 2.64. The third-order valence-corrected chi connectivity index (χ3v) is 3.46. The maximum absolute atomic E-state index is 11.0. The maximum atomic E-state index is 11.0. The van der Waals surface area contributed by atoms with Crippen LogP contribution in [0.25, 0.3) is 0 Å². The highest BCUT2D eigenvalue weighted by Gasteiger charge is 2.04. The molecule has 0 unspecified atom stereocenters. The van der Waals surface area contributed by atoms with Crippen molar-refractivity contribution in [3.63, 3.8) is 0 Å². The number of nitrogens with two attached hydrogens (primary N) is 1. The molecule has 2 aromatic rings. The van der Waals surface area contributed by atoms with E-state index >= 15 is 0 Å². The van der Waals surface area contributed by atoms with Crippen molar-refractivity contribution in [1.29, 1.82) is 0 Å². The minimum Gasteiger partial charge on any atom is -0.379 e. The number of hydrogen-bond donors (Lipinski definition) is 2. The van der Waals surface area contributed by atoms with Crippen molar-refractivity contribution in [2.45, 2.75) is 20.4 Å². The first kappa shape index (κ1) is 12.6. The smallest absolute Gasteiger partial charge is 0.248 e. The minimum absolute atomic E-state index is 0.403. The van der Waals surface area contributed by atoms with Crippen molar-refractivity contribution in [1.82, 2.24) is 4.98 Å². The number of aryl methyl sites for hydroxylation is 2. The van der Waals surface area contributed by atoms with Crippen LogP contribution in [-0.2, 0) is 6.54 Å². The Morgan fingerprint density at radius 2 is 2.22 bits per heavy atom. The highest BCUT2D eigenvalue weighted by molar-refractivity contribution is 7.09. The lowest BCUT2D eigenvalue weighted by Gasteiger charge is -2.09. The number of nitrogens with one attached hydrogen (secondary N) is 1. The summed E-state index contributed by atoms with van der Waals surface area (Å²) >= 11 is 1.64. The van der Waals surface area contributed by atoms with Gasteiger partial charge >= 0.3 is 0 Å². The zero-order valence-corrected chi connectivity index (χ0v) is 11.2. The van der Waals surface area contributed by atoms with E-state index in [-0.39, 0.29) is 0 Å². The second kappa shape index (κ2) is 5.18. The molecule has 1 amide bonds. The van der Waals surface area contributed by atoms with E-state index in [4.69, 9.17) is 5.73 Å². The largest absolute Gasteiger partial charge is 0.379 e. The standard InChI is InChI=1S/C13H15N3OS/c1-8-5-10(13(14)17)3-4-12(8)15-6-11-7-18-9(2)16-11/h3-5,7,15H,6H2,1-2H3,(H2,14,17). The Morgan fingerprint density at radius 3 is 2.78 bits per heavy atom. The molecular formula is C13H15N3OS. The third kappa shape index (κ3) is 2.87. The zero-order chi connectivity index (χ0) is 13.1. The van der Waals surface area contributed by atoms with Crippen LogP contribution in [0.5, 0.6) is 0 Å². The predicted octanol–water partition coefficient (Wildman–Crippen LogP) is 2.47. The molecule has 0 fully saturated rings. The first-order valence-electron chi connectivity index (χ1n) is 5.61. The van der Waals surface area contributed by atoms with E-state index in [1.165, 1.54) is 0 Å². The molecule has 3 N–H and O–H groups in total. The lowest BCUT2D eigenvalue weighted by atomic mass is 10.1. The summed E-state index contributed by atoms with van der Waals surface area (Å²) in [5.41, 5.74) is 8.78. The Morgan fingerprint density at radius 1 is 1.44 bits per heavy atom. The van der Waals surface area contributed by atoms with Gasteiger partial charge in [-0.1, -0.05) is 0 Å². The molecule has 0 saturated carbocycles. The van der Waals surface area contributed by atoms with Crippen LogP contribution in [0.2, 0.25) is 0 Å². The Hall–Kier alpha value is -1.88. The van der Waals surface area contributed by atoms with E-state index < -0.39 is 5.91 Å². The van der Waals surface area contributed by atoms with Crippen LogP contribution in [0.3, 0.4) is 0 Å². The number of aromatic nitrogens is 1. The molecule has 0 bridgehead atoms. The van der Waals surface area contributed by atoms with E-state index in [2.05, 4.69) is 10.3 Å². The molecule has 0 saturated heterocycles. The Balaban J connectivity index is 2.08. The number of thiazole rings is 1. The summed E-state index contributed by atoms with van der Waals surface area (Å²) in [6.45, 7) is 4.61. The molecular weight excluding hydrogens is 246 g/mol. The summed E-state index contributed by atoms with van der Waals surface area (Å²) in [4.78, 5) is 15.4. The van der Waals surface area contributed by atoms with Crippen molar-refractivity contribution >= 4 is 22.9 Å². The maximum Gasteiger partial charge on any atom is 0.248 e. The van der Waals surface area contributed by atoms with Gasteiger partial charge in [-0.2, -0.15) is 0 Å². The summed E-state index contributed by atoms with van der Waals surface area (Å²) in [7, 11) is 0. The second-order valence-corrected chi connectivity index (χ2v) is 5.17. The van der Waals surface area contributed by atoms with Gasteiger partial charge in [0, 0.05) is 16.6 Å². The van der Waals surface area contributed by atoms with Gasteiger partial charge in [-0.3, -0.25) is 4.79 Å². The highest BCUT2D eigenvalue weighted by atomic mass is 32.1. The lowest BCUT2D eigenvalue weighted by Crippen LogP contribution is -2.11. The molecule has 2 rings (SSSR count). The normalized spacial score (nSPS) is 10.3. The van der Waals surface area contributed by atoms with Crippen LogP contribution in [-0.4, -0.2) is 10.9 Å². The minimum atomic E-state index is -0.403. The van der Waals surface area contributed by atoms with E-state index in [0.717, 1.165) is 22.0 Å². The van der Waals surface area contributed by atoms with Crippen LogP contribution in [0.1, 0.15) is 26.6 Å². The van der Waals surface area contributed by atoms with Gasteiger partial charge in [0.15, 0.2) is 0 Å². The van der Waals surface area contributed by atoms with Crippen molar-refractivity contribution < 1.29 is 4.79 Å². The predicted molar refractivity (Wildman–Crippen MR) is 73.9 cm³/mol. The van der Waals surface area contributed by atoms with E-state index in [1.54, 1.807) is 23.5 Å². The molecule has 0 aliphatic rings. The second-order valence-electron chi connectivity index (χ2n) is 4.11. The van der Waals surface area contributed by atoms with Crippen LogP contribution >= 0.6 is 11.3 Å². The summed E-state index contributed by atoms with van der Waals surface area (Å²) in [5.74, 6) is -0.403. The molecule has 4 nitrogen and oxygen atoms in total. The zero-order valence-electron chi connectivity index (χ0n) is 10.4. The van der Waals surface area contributed by atoms with Crippen LogP contribution in [0.15, 0.2) is 23.6 Å². The molecule has 0 atom stereocenters. The number of benzene rings is 1. The van der Waals surface area contributed by atoms with Gasteiger partial charge < -0.3 is 11.1 Å². The molecule has 1 heterocycles. The molecule has 1 aromatic carbocycles. The quantitative estimate of drug-likeness (QED) is 0.888. The Kier molecular flexibility index (Phi) is 3.62. The molecule has 18 heavy (non-hydrogen) atoms. The van der Waals surface area contributed by atoms with Crippen LogP contribution in [0.4, 0.5) is 5.69 Å². The number of hydrogen-bond acceptors (Lipinski definition) is 4. The van der Waals surface area contributed by atoms with Gasteiger partial charge in [0.1, 0.15) is 0 Å².